The molecule has 1 saturated heterocycles. The van der Waals surface area contributed by atoms with Crippen LogP contribution in [0.25, 0.3) is 10.4 Å². The van der Waals surface area contributed by atoms with Gasteiger partial charge < -0.3 is 14.8 Å². The van der Waals surface area contributed by atoms with Crippen molar-refractivity contribution in [3.63, 3.8) is 0 Å². The van der Waals surface area contributed by atoms with E-state index in [0.29, 0.717) is 35.3 Å². The number of thiophene rings is 1. The number of aromatic nitrogens is 1. The number of ether oxygens (including phenoxy) is 2. The minimum absolute atomic E-state index is 0.00199. The van der Waals surface area contributed by atoms with Gasteiger partial charge in [-0.3, -0.25) is 9.78 Å². The number of esters is 2. The molecule has 2 aromatic carbocycles. The fourth-order valence-electron chi connectivity index (χ4n) is 4.79. The fourth-order valence-corrected chi connectivity index (χ4v) is 8.24. The summed E-state index contributed by atoms with van der Waals surface area (Å²) < 4.78 is 38.9. The van der Waals surface area contributed by atoms with Gasteiger partial charge in [-0.25, -0.2) is 17.5 Å². The number of carbonyl (C=O) groups is 2. The molecule has 43 heavy (non-hydrogen) atoms. The molecular weight excluding hydrogens is 654 g/mol. The zero-order valence-electron chi connectivity index (χ0n) is 23.4. The Labute approximate surface area is 263 Å². The molecule has 1 fully saturated rings. The van der Waals surface area contributed by atoms with Crippen LogP contribution in [0.15, 0.2) is 83.6 Å². The fraction of sp³-hybridized carbons (Fsp3) is 0.258. The lowest BCUT2D eigenvalue weighted by Gasteiger charge is -2.32. The predicted molar refractivity (Wildman–Crippen MR) is 169 cm³/mol. The highest BCUT2D eigenvalue weighted by atomic mass is 79.9. The first-order chi connectivity index (χ1) is 20.7. The van der Waals surface area contributed by atoms with Crippen LogP contribution in [0, 0.1) is 0 Å². The van der Waals surface area contributed by atoms with Gasteiger partial charge in [-0.1, -0.05) is 48.5 Å². The summed E-state index contributed by atoms with van der Waals surface area (Å²) in [6.45, 7) is 2.19. The third-order valence-corrected chi connectivity index (χ3v) is 10.9. The first-order valence-electron chi connectivity index (χ1n) is 13.6. The number of pyridine rings is 1. The molecule has 0 amide bonds. The maximum Gasteiger partial charge on any atom is 0.352 e. The van der Waals surface area contributed by atoms with Crippen LogP contribution in [-0.2, 0) is 31.9 Å². The van der Waals surface area contributed by atoms with Crippen LogP contribution in [0.2, 0.25) is 0 Å². The van der Waals surface area contributed by atoms with E-state index < -0.39 is 22.0 Å². The van der Waals surface area contributed by atoms with Crippen molar-refractivity contribution >= 4 is 54.9 Å². The van der Waals surface area contributed by atoms with Crippen LogP contribution in [0.3, 0.4) is 0 Å². The summed E-state index contributed by atoms with van der Waals surface area (Å²) in [5.74, 6) is -1.05. The van der Waals surface area contributed by atoms with Crippen molar-refractivity contribution in [1.82, 2.24) is 9.29 Å². The molecule has 5 rings (SSSR count). The average molecular weight is 685 g/mol. The van der Waals surface area contributed by atoms with Gasteiger partial charge in [0.1, 0.15) is 6.61 Å². The Hall–Kier alpha value is -3.58. The molecule has 1 aliphatic rings. The molecule has 0 unspecified atom stereocenters. The van der Waals surface area contributed by atoms with Crippen LogP contribution in [0.5, 0.6) is 5.75 Å². The van der Waals surface area contributed by atoms with Crippen LogP contribution < -0.4 is 10.1 Å². The first kappa shape index (κ1) is 30.9. The maximum absolute atomic E-state index is 13.0. The van der Waals surface area contributed by atoms with Crippen LogP contribution in [0.1, 0.15) is 40.6 Å². The number of halogens is 1. The van der Waals surface area contributed by atoms with Crippen LogP contribution in [0.4, 0.5) is 5.69 Å². The van der Waals surface area contributed by atoms with Gasteiger partial charge in [0.05, 0.1) is 15.1 Å². The van der Waals surface area contributed by atoms with E-state index in [1.165, 1.54) is 18.3 Å². The number of nitrogens with one attached hydrogen (secondary N) is 1. The summed E-state index contributed by atoms with van der Waals surface area (Å²) in [6, 6.07) is 20.6. The Morgan fingerprint density at radius 1 is 1.05 bits per heavy atom. The van der Waals surface area contributed by atoms with Crippen LogP contribution >= 0.6 is 27.3 Å². The van der Waals surface area contributed by atoms with Crippen LogP contribution in [-0.4, -0.2) is 48.8 Å². The Morgan fingerprint density at radius 3 is 2.49 bits per heavy atom. The Bertz CT molecular complexity index is 1690. The first-order valence-corrected chi connectivity index (χ1v) is 16.9. The average Bonchev–Trinajstić information content (AvgIpc) is 3.32. The number of hydrogen-bond acceptors (Lipinski definition) is 9. The van der Waals surface area contributed by atoms with E-state index in [1.807, 2.05) is 54.6 Å². The zero-order valence-corrected chi connectivity index (χ0v) is 26.6. The number of rotatable bonds is 10. The summed E-state index contributed by atoms with van der Waals surface area (Å²) in [4.78, 5) is 29.8. The predicted octanol–water partition coefficient (Wildman–Crippen LogP) is 6.26. The molecular formula is C31H30BrN3O6S2. The lowest BCUT2D eigenvalue weighted by Crippen LogP contribution is -2.42. The third kappa shape index (κ3) is 7.88. The van der Waals surface area contributed by atoms with Gasteiger partial charge in [0, 0.05) is 49.7 Å². The van der Waals surface area contributed by atoms with Crippen molar-refractivity contribution in [3.8, 4) is 16.2 Å². The lowest BCUT2D eigenvalue weighted by atomic mass is 10.1. The number of nitrogens with zero attached hydrogens (tertiary/aromatic N) is 2. The number of carbonyl (C=O) groups excluding carboxylic acids is 2. The van der Waals surface area contributed by atoms with Crippen molar-refractivity contribution in [1.29, 1.82) is 0 Å². The van der Waals surface area contributed by atoms with E-state index >= 15 is 0 Å². The molecule has 12 heteroatoms. The number of hydrogen-bond donors (Lipinski definition) is 1. The molecule has 0 atom stereocenters. The zero-order chi connectivity index (χ0) is 30.4. The summed E-state index contributed by atoms with van der Waals surface area (Å²) >= 11 is 4.70. The van der Waals surface area contributed by atoms with Gasteiger partial charge in [-0.2, -0.15) is 0 Å². The standard InChI is InChI=1S/C31H30BrN3O6S2/c1-21(36)41-28-27(32)29(42-30(28)31(37)40-19-23-9-6-14-33-18-23)24-10-5-11-26(17-24)34-25-12-15-35(16-13-25)43(38,39)20-22-7-3-2-4-8-22/h2-11,14,17-18,25,34H,12-13,15-16,19-20H2,1H3. The van der Waals surface area contributed by atoms with E-state index in [0.717, 1.165) is 22.4 Å². The molecule has 2 aromatic heterocycles. The minimum Gasteiger partial charge on any atom is -0.456 e. The second-order valence-corrected chi connectivity index (χ2v) is 13.9. The largest absolute Gasteiger partial charge is 0.456 e. The van der Waals surface area contributed by atoms with Crippen molar-refractivity contribution in [2.45, 2.75) is 38.2 Å². The number of benzene rings is 2. The number of sulfonamides is 1. The molecule has 4 aromatic rings. The SMILES string of the molecule is CC(=O)Oc1c(C(=O)OCc2cccnc2)sc(-c2cccc(NC3CCN(S(=O)(=O)Cc4ccccc4)CC3)c2)c1Br. The number of anilines is 1. The van der Waals surface area contributed by atoms with Gasteiger partial charge in [-0.15, -0.1) is 11.3 Å². The smallest absolute Gasteiger partial charge is 0.352 e. The molecule has 0 aliphatic carbocycles. The van der Waals surface area contributed by atoms with E-state index in [-0.39, 0.29) is 29.0 Å². The Kier molecular flexibility index (Phi) is 9.91. The lowest BCUT2D eigenvalue weighted by molar-refractivity contribution is -0.131. The highest BCUT2D eigenvalue weighted by Crippen LogP contribution is 2.46. The van der Waals surface area contributed by atoms with E-state index in [2.05, 4.69) is 26.2 Å². The van der Waals surface area contributed by atoms with Crippen molar-refractivity contribution in [3.05, 3.63) is 99.6 Å². The topological polar surface area (TPSA) is 115 Å². The molecule has 3 heterocycles. The van der Waals surface area contributed by atoms with Crippen molar-refractivity contribution in [2.75, 3.05) is 18.4 Å². The Balaban J connectivity index is 1.27. The van der Waals surface area contributed by atoms with E-state index in [4.69, 9.17) is 9.47 Å². The highest BCUT2D eigenvalue weighted by Gasteiger charge is 2.29. The number of piperidine rings is 1. The van der Waals surface area contributed by atoms with Gasteiger partial charge in [-0.05, 0) is 58.1 Å². The third-order valence-electron chi connectivity index (χ3n) is 6.87. The summed E-state index contributed by atoms with van der Waals surface area (Å²) in [5.41, 5.74) is 3.18. The minimum atomic E-state index is -3.39. The van der Waals surface area contributed by atoms with Gasteiger partial charge in [0.15, 0.2) is 10.6 Å². The van der Waals surface area contributed by atoms with Gasteiger partial charge >= 0.3 is 11.9 Å². The van der Waals surface area contributed by atoms with Crippen molar-refractivity contribution < 1.29 is 27.5 Å². The monoisotopic (exact) mass is 683 g/mol. The van der Waals surface area contributed by atoms with Crippen molar-refractivity contribution in [2.24, 2.45) is 0 Å². The van der Waals surface area contributed by atoms with Gasteiger partial charge in [0.25, 0.3) is 0 Å². The quantitative estimate of drug-likeness (QED) is 0.195. The second-order valence-electron chi connectivity index (χ2n) is 10.1. The van der Waals surface area contributed by atoms with Gasteiger partial charge in [0.2, 0.25) is 10.0 Å². The molecule has 9 nitrogen and oxygen atoms in total. The molecule has 1 N–H and O–H groups in total. The summed E-state index contributed by atoms with van der Waals surface area (Å²) in [5, 5.41) is 3.53. The highest BCUT2D eigenvalue weighted by molar-refractivity contribution is 9.10. The summed E-state index contributed by atoms with van der Waals surface area (Å²) in [7, 11) is -3.39. The molecule has 1 aliphatic heterocycles. The summed E-state index contributed by atoms with van der Waals surface area (Å²) in [6.07, 6.45) is 4.59. The molecule has 0 bridgehead atoms. The van der Waals surface area contributed by atoms with E-state index in [1.54, 1.807) is 28.8 Å². The second kappa shape index (κ2) is 13.8. The normalized spacial score (nSPS) is 14.3. The Morgan fingerprint density at radius 2 is 1.79 bits per heavy atom. The molecule has 0 spiro atoms. The molecule has 0 saturated carbocycles. The maximum atomic E-state index is 13.0. The molecule has 224 valence electrons. The van der Waals surface area contributed by atoms with E-state index in [9.17, 15) is 18.0 Å². The molecule has 0 radical (unpaired) electrons.